The van der Waals surface area contributed by atoms with E-state index in [1.54, 1.807) is 11.3 Å². The van der Waals surface area contributed by atoms with Gasteiger partial charge in [0, 0.05) is 18.7 Å². The number of benzene rings is 2. The Hall–Kier alpha value is -2.24. The van der Waals surface area contributed by atoms with E-state index in [0.29, 0.717) is 12.1 Å². The highest BCUT2D eigenvalue weighted by molar-refractivity contribution is 7.22. The lowest BCUT2D eigenvalue weighted by Gasteiger charge is -2.24. The van der Waals surface area contributed by atoms with Gasteiger partial charge >= 0.3 is 0 Å². The number of nitrogens with zero attached hydrogens (tertiary/aromatic N) is 3. The first kappa shape index (κ1) is 20.5. The third-order valence-electron chi connectivity index (χ3n) is 5.12. The van der Waals surface area contributed by atoms with E-state index < -0.39 is 0 Å². The minimum atomic E-state index is 0.0144. The largest absolute Gasteiger partial charge is 0.302 e. The van der Waals surface area contributed by atoms with E-state index in [1.807, 2.05) is 36.1 Å². The van der Waals surface area contributed by atoms with Gasteiger partial charge in [-0.05, 0) is 63.2 Å². The summed E-state index contributed by atoms with van der Waals surface area (Å²) >= 11 is 1.61. The molecule has 3 rings (SSSR count). The van der Waals surface area contributed by atoms with Crippen LogP contribution >= 0.6 is 11.3 Å². The quantitative estimate of drug-likeness (QED) is 0.551. The molecule has 0 fully saturated rings. The number of likely N-dealkylation sites (N-methyl/N-ethyl adjacent to an activating group) is 1. The van der Waals surface area contributed by atoms with Gasteiger partial charge in [0.25, 0.3) is 5.91 Å². The number of hydrogen-bond acceptors (Lipinski definition) is 4. The Balaban J connectivity index is 1.98. The molecule has 148 valence electrons. The minimum absolute atomic E-state index is 0.0144. The molecule has 5 heteroatoms. The van der Waals surface area contributed by atoms with Crippen molar-refractivity contribution in [3.05, 3.63) is 58.7 Å². The first-order valence-corrected chi connectivity index (χ1v) is 10.7. The van der Waals surface area contributed by atoms with Gasteiger partial charge in [0.2, 0.25) is 0 Å². The van der Waals surface area contributed by atoms with Crippen molar-refractivity contribution in [2.45, 2.75) is 34.6 Å². The Morgan fingerprint density at radius 1 is 0.964 bits per heavy atom. The van der Waals surface area contributed by atoms with Crippen LogP contribution in [0.2, 0.25) is 0 Å². The molecule has 0 unspecified atom stereocenters. The summed E-state index contributed by atoms with van der Waals surface area (Å²) in [6.45, 7) is 13.9. The summed E-state index contributed by atoms with van der Waals surface area (Å²) in [5, 5.41) is 0.779. The van der Waals surface area contributed by atoms with Crippen molar-refractivity contribution in [2.24, 2.45) is 0 Å². The normalized spacial score (nSPS) is 11.4. The number of rotatable bonds is 7. The van der Waals surface area contributed by atoms with Crippen LogP contribution in [0.5, 0.6) is 0 Å². The molecular formula is C23H29N3OS. The van der Waals surface area contributed by atoms with Gasteiger partial charge in [-0.3, -0.25) is 9.69 Å². The predicted octanol–water partition coefficient (Wildman–Crippen LogP) is 5.21. The molecule has 28 heavy (non-hydrogen) atoms. The van der Waals surface area contributed by atoms with Crippen LogP contribution in [0, 0.1) is 20.8 Å². The van der Waals surface area contributed by atoms with Gasteiger partial charge in [-0.1, -0.05) is 48.9 Å². The number of anilines is 1. The molecule has 0 saturated carbocycles. The van der Waals surface area contributed by atoms with Gasteiger partial charge in [0.05, 0.1) is 10.2 Å². The molecule has 0 aliphatic rings. The fourth-order valence-corrected chi connectivity index (χ4v) is 4.44. The molecular weight excluding hydrogens is 366 g/mol. The molecule has 1 aromatic heterocycles. The van der Waals surface area contributed by atoms with Crippen molar-refractivity contribution in [1.29, 1.82) is 0 Å². The van der Waals surface area contributed by atoms with E-state index in [2.05, 4.69) is 44.7 Å². The SMILES string of the molecule is CCN(CC)CCN(C(=O)c1ccc(C)cc1)c1nc2cc(C)cc(C)c2s1. The molecule has 0 N–H and O–H groups in total. The summed E-state index contributed by atoms with van der Waals surface area (Å²) in [6, 6.07) is 12.1. The van der Waals surface area contributed by atoms with E-state index in [-0.39, 0.29) is 5.91 Å². The second kappa shape index (κ2) is 8.84. The monoisotopic (exact) mass is 395 g/mol. The summed E-state index contributed by atoms with van der Waals surface area (Å²) in [6.07, 6.45) is 0. The average Bonchev–Trinajstić information content (AvgIpc) is 3.09. The molecule has 4 nitrogen and oxygen atoms in total. The van der Waals surface area contributed by atoms with Gasteiger partial charge in [-0.15, -0.1) is 0 Å². The van der Waals surface area contributed by atoms with Crippen LogP contribution in [0.4, 0.5) is 5.13 Å². The zero-order valence-electron chi connectivity index (χ0n) is 17.5. The zero-order valence-corrected chi connectivity index (χ0v) is 18.3. The first-order valence-electron chi connectivity index (χ1n) is 9.91. The Morgan fingerprint density at radius 3 is 2.29 bits per heavy atom. The number of amides is 1. The summed E-state index contributed by atoms with van der Waals surface area (Å²) in [4.78, 5) is 22.4. The van der Waals surface area contributed by atoms with Crippen LogP contribution < -0.4 is 4.90 Å². The fraction of sp³-hybridized carbons (Fsp3) is 0.391. The molecule has 0 aliphatic carbocycles. The number of aryl methyl sites for hydroxylation is 3. The minimum Gasteiger partial charge on any atom is -0.302 e. The summed E-state index contributed by atoms with van der Waals surface area (Å²) < 4.78 is 1.16. The van der Waals surface area contributed by atoms with Crippen molar-refractivity contribution in [3.8, 4) is 0 Å². The Bertz CT molecular complexity index is 958. The van der Waals surface area contributed by atoms with Gasteiger partial charge in [0.15, 0.2) is 5.13 Å². The van der Waals surface area contributed by atoms with E-state index in [1.165, 1.54) is 11.1 Å². The molecule has 1 amide bonds. The lowest BCUT2D eigenvalue weighted by molar-refractivity contribution is 0.0984. The molecule has 0 bridgehead atoms. The van der Waals surface area contributed by atoms with Crippen LogP contribution in [0.25, 0.3) is 10.2 Å². The summed E-state index contributed by atoms with van der Waals surface area (Å²) in [7, 11) is 0. The molecule has 0 saturated heterocycles. The lowest BCUT2D eigenvalue weighted by Crippen LogP contribution is -2.38. The lowest BCUT2D eigenvalue weighted by atomic mass is 10.1. The van der Waals surface area contributed by atoms with Gasteiger partial charge in [-0.25, -0.2) is 4.98 Å². The zero-order chi connectivity index (χ0) is 20.3. The summed E-state index contributed by atoms with van der Waals surface area (Å²) in [5.41, 5.74) is 5.24. The van der Waals surface area contributed by atoms with Crippen LogP contribution in [0.3, 0.4) is 0 Å². The van der Waals surface area contributed by atoms with Gasteiger partial charge < -0.3 is 4.90 Å². The highest BCUT2D eigenvalue weighted by atomic mass is 32.1. The molecule has 0 spiro atoms. The van der Waals surface area contributed by atoms with Crippen molar-refractivity contribution in [3.63, 3.8) is 0 Å². The van der Waals surface area contributed by atoms with E-state index in [4.69, 9.17) is 4.98 Å². The number of aromatic nitrogens is 1. The Morgan fingerprint density at radius 2 is 1.64 bits per heavy atom. The molecule has 0 aliphatic heterocycles. The molecule has 1 heterocycles. The number of hydrogen-bond donors (Lipinski definition) is 0. The van der Waals surface area contributed by atoms with Gasteiger partial charge in [0.1, 0.15) is 0 Å². The second-order valence-electron chi connectivity index (χ2n) is 7.28. The summed E-state index contributed by atoms with van der Waals surface area (Å²) in [5.74, 6) is 0.0144. The average molecular weight is 396 g/mol. The Kier molecular flexibility index (Phi) is 6.47. The second-order valence-corrected chi connectivity index (χ2v) is 8.25. The van der Waals surface area contributed by atoms with Crippen LogP contribution in [-0.2, 0) is 0 Å². The highest BCUT2D eigenvalue weighted by Crippen LogP contribution is 2.32. The molecule has 0 radical (unpaired) electrons. The maximum absolute atomic E-state index is 13.3. The molecule has 0 atom stereocenters. The molecule has 2 aromatic carbocycles. The fourth-order valence-electron chi connectivity index (χ4n) is 3.40. The third kappa shape index (κ3) is 4.42. The van der Waals surface area contributed by atoms with Crippen molar-refractivity contribution in [1.82, 2.24) is 9.88 Å². The molecule has 3 aromatic rings. The number of fused-ring (bicyclic) bond motifs is 1. The van der Waals surface area contributed by atoms with Gasteiger partial charge in [-0.2, -0.15) is 0 Å². The number of carbonyl (C=O) groups is 1. The van der Waals surface area contributed by atoms with E-state index in [0.717, 1.165) is 40.5 Å². The van der Waals surface area contributed by atoms with Crippen molar-refractivity contribution < 1.29 is 4.79 Å². The number of thiazole rings is 1. The van der Waals surface area contributed by atoms with Crippen molar-refractivity contribution in [2.75, 3.05) is 31.1 Å². The van der Waals surface area contributed by atoms with Crippen LogP contribution in [0.15, 0.2) is 36.4 Å². The maximum Gasteiger partial charge on any atom is 0.260 e. The predicted molar refractivity (Wildman–Crippen MR) is 120 cm³/mol. The Labute approximate surface area is 171 Å². The van der Waals surface area contributed by atoms with E-state index >= 15 is 0 Å². The topological polar surface area (TPSA) is 36.4 Å². The first-order chi connectivity index (χ1) is 13.4. The number of carbonyl (C=O) groups excluding carboxylic acids is 1. The smallest absolute Gasteiger partial charge is 0.260 e. The van der Waals surface area contributed by atoms with E-state index in [9.17, 15) is 4.79 Å². The third-order valence-corrected chi connectivity index (χ3v) is 6.35. The maximum atomic E-state index is 13.3. The van der Waals surface area contributed by atoms with Crippen LogP contribution in [0.1, 0.15) is 40.9 Å². The highest BCUT2D eigenvalue weighted by Gasteiger charge is 2.22. The standard InChI is InChI=1S/C23H29N3OS/c1-6-25(7-2)12-13-26(22(27)19-10-8-16(3)9-11-19)23-24-20-15-17(4)14-18(5)21(20)28-23/h8-11,14-15H,6-7,12-13H2,1-5H3. The van der Waals surface area contributed by atoms with Crippen LogP contribution in [-0.4, -0.2) is 42.0 Å². The van der Waals surface area contributed by atoms with Crippen molar-refractivity contribution >= 4 is 32.6 Å².